The molecule has 1 aromatic heterocycles. The van der Waals surface area contributed by atoms with E-state index in [0.29, 0.717) is 11.7 Å². The maximum atomic E-state index is 11.2. The minimum absolute atomic E-state index is 0.0503. The molecule has 2 rings (SSSR count). The molecule has 88 valence electrons. The summed E-state index contributed by atoms with van der Waals surface area (Å²) in [6.07, 6.45) is 0. The second kappa shape index (κ2) is 4.61. The van der Waals surface area contributed by atoms with Crippen molar-refractivity contribution in [1.29, 1.82) is 0 Å². The largest absolute Gasteiger partial charge is 0.303 e. The van der Waals surface area contributed by atoms with Crippen LogP contribution in [-0.2, 0) is 0 Å². The van der Waals surface area contributed by atoms with Crippen molar-refractivity contribution >= 4 is 17.1 Å². The van der Waals surface area contributed by atoms with E-state index in [1.165, 1.54) is 0 Å². The summed E-state index contributed by atoms with van der Waals surface area (Å²) in [5.74, 6) is 0.0503. The molecule has 0 aromatic carbocycles. The Morgan fingerprint density at radius 1 is 1.50 bits per heavy atom. The molecule has 1 aliphatic rings. The zero-order valence-electron chi connectivity index (χ0n) is 9.93. The van der Waals surface area contributed by atoms with Gasteiger partial charge in [-0.05, 0) is 14.1 Å². The van der Waals surface area contributed by atoms with Gasteiger partial charge in [-0.3, -0.25) is 9.69 Å². The van der Waals surface area contributed by atoms with Crippen molar-refractivity contribution < 1.29 is 4.79 Å². The van der Waals surface area contributed by atoms with E-state index in [9.17, 15) is 4.79 Å². The van der Waals surface area contributed by atoms with E-state index >= 15 is 0 Å². The summed E-state index contributed by atoms with van der Waals surface area (Å²) in [6.45, 7) is 4.70. The SMILES string of the molecule is CC(=O)c1csc(C2CN(C)CCN2C)n1. The van der Waals surface area contributed by atoms with Crippen molar-refractivity contribution in [2.24, 2.45) is 0 Å². The van der Waals surface area contributed by atoms with Gasteiger partial charge in [-0.2, -0.15) is 0 Å². The number of rotatable bonds is 2. The van der Waals surface area contributed by atoms with E-state index in [2.05, 4.69) is 28.9 Å². The minimum Gasteiger partial charge on any atom is -0.303 e. The first-order valence-electron chi connectivity index (χ1n) is 5.43. The third kappa shape index (κ3) is 2.31. The van der Waals surface area contributed by atoms with Gasteiger partial charge in [0.2, 0.25) is 0 Å². The normalized spacial score (nSPS) is 23.6. The quantitative estimate of drug-likeness (QED) is 0.728. The summed E-state index contributed by atoms with van der Waals surface area (Å²) in [4.78, 5) is 20.2. The number of carbonyl (C=O) groups is 1. The number of hydrogen-bond donors (Lipinski definition) is 0. The molecule has 5 heteroatoms. The van der Waals surface area contributed by atoms with Crippen LogP contribution in [0.25, 0.3) is 0 Å². The van der Waals surface area contributed by atoms with E-state index < -0.39 is 0 Å². The van der Waals surface area contributed by atoms with E-state index in [1.54, 1.807) is 18.3 Å². The lowest BCUT2D eigenvalue weighted by molar-refractivity contribution is 0.101. The zero-order chi connectivity index (χ0) is 11.7. The van der Waals surface area contributed by atoms with Crippen molar-refractivity contribution in [3.8, 4) is 0 Å². The second-order valence-corrected chi connectivity index (χ2v) is 5.28. The molecule has 1 aromatic rings. The molecule has 1 saturated heterocycles. The van der Waals surface area contributed by atoms with E-state index in [4.69, 9.17) is 0 Å². The van der Waals surface area contributed by atoms with Crippen LogP contribution in [0.15, 0.2) is 5.38 Å². The van der Waals surface area contributed by atoms with Crippen LogP contribution in [0.5, 0.6) is 0 Å². The number of aromatic nitrogens is 1. The van der Waals surface area contributed by atoms with Gasteiger partial charge < -0.3 is 4.90 Å². The van der Waals surface area contributed by atoms with Crippen LogP contribution in [0.4, 0.5) is 0 Å². The summed E-state index contributed by atoms with van der Waals surface area (Å²) >= 11 is 1.59. The third-order valence-corrected chi connectivity index (χ3v) is 3.96. The van der Waals surface area contributed by atoms with Crippen LogP contribution in [0.2, 0.25) is 0 Å². The monoisotopic (exact) mass is 239 g/mol. The average molecular weight is 239 g/mol. The Morgan fingerprint density at radius 3 is 2.88 bits per heavy atom. The molecular formula is C11H17N3OS. The van der Waals surface area contributed by atoms with Crippen LogP contribution in [0.3, 0.4) is 0 Å². The molecule has 16 heavy (non-hydrogen) atoms. The van der Waals surface area contributed by atoms with Crippen molar-refractivity contribution in [3.63, 3.8) is 0 Å². The number of likely N-dealkylation sites (N-methyl/N-ethyl adjacent to an activating group) is 2. The zero-order valence-corrected chi connectivity index (χ0v) is 10.8. The molecule has 0 amide bonds. The number of nitrogens with zero attached hydrogens (tertiary/aromatic N) is 3. The Hall–Kier alpha value is -0.780. The molecule has 1 atom stereocenters. The second-order valence-electron chi connectivity index (χ2n) is 4.39. The van der Waals surface area contributed by atoms with Gasteiger partial charge in [-0.25, -0.2) is 4.98 Å². The van der Waals surface area contributed by atoms with Crippen LogP contribution in [0.1, 0.15) is 28.5 Å². The summed E-state index contributed by atoms with van der Waals surface area (Å²) in [5.41, 5.74) is 0.599. The number of carbonyl (C=O) groups excluding carboxylic acids is 1. The first kappa shape index (κ1) is 11.7. The maximum absolute atomic E-state index is 11.2. The van der Waals surface area contributed by atoms with Crippen molar-refractivity contribution in [2.75, 3.05) is 33.7 Å². The van der Waals surface area contributed by atoms with Gasteiger partial charge in [0.15, 0.2) is 5.78 Å². The minimum atomic E-state index is 0.0503. The molecule has 0 aliphatic carbocycles. The summed E-state index contributed by atoms with van der Waals surface area (Å²) in [5, 5.41) is 2.92. The topological polar surface area (TPSA) is 36.4 Å². The molecule has 0 spiro atoms. The fraction of sp³-hybridized carbons (Fsp3) is 0.636. The Labute approximate surface area is 99.9 Å². The lowest BCUT2D eigenvalue weighted by Crippen LogP contribution is -2.44. The molecule has 1 fully saturated rings. The highest BCUT2D eigenvalue weighted by atomic mass is 32.1. The van der Waals surface area contributed by atoms with E-state index in [1.807, 2.05) is 5.38 Å². The highest BCUT2D eigenvalue weighted by Gasteiger charge is 2.26. The summed E-state index contributed by atoms with van der Waals surface area (Å²) < 4.78 is 0. The smallest absolute Gasteiger partial charge is 0.178 e. The van der Waals surface area contributed by atoms with E-state index in [-0.39, 0.29) is 5.78 Å². The van der Waals surface area contributed by atoms with Gasteiger partial charge in [0.25, 0.3) is 0 Å². The molecule has 1 unspecified atom stereocenters. The molecule has 0 radical (unpaired) electrons. The number of Topliss-reactive ketones (excluding diaryl/α,β-unsaturated/α-hetero) is 1. The maximum Gasteiger partial charge on any atom is 0.178 e. The molecule has 1 aliphatic heterocycles. The standard InChI is InChI=1S/C11H17N3OS/c1-8(15)9-7-16-11(12-9)10-6-13(2)4-5-14(10)3/h7,10H,4-6H2,1-3H3. The van der Waals surface area contributed by atoms with Crippen LogP contribution in [-0.4, -0.2) is 54.3 Å². The molecular weight excluding hydrogens is 222 g/mol. The van der Waals surface area contributed by atoms with Crippen LogP contribution < -0.4 is 0 Å². The molecule has 0 saturated carbocycles. The fourth-order valence-electron chi connectivity index (χ4n) is 1.88. The Balaban J connectivity index is 2.18. The number of thiazole rings is 1. The number of piperazine rings is 1. The lowest BCUT2D eigenvalue weighted by atomic mass is 10.2. The van der Waals surface area contributed by atoms with Gasteiger partial charge in [-0.1, -0.05) is 0 Å². The Morgan fingerprint density at radius 2 is 2.25 bits per heavy atom. The van der Waals surface area contributed by atoms with Gasteiger partial charge in [0, 0.05) is 31.9 Å². The first-order chi connectivity index (χ1) is 7.58. The fourth-order valence-corrected chi connectivity index (χ4v) is 2.89. The summed E-state index contributed by atoms with van der Waals surface area (Å²) in [7, 11) is 4.24. The lowest BCUT2D eigenvalue weighted by Gasteiger charge is -2.36. The van der Waals surface area contributed by atoms with Crippen molar-refractivity contribution in [2.45, 2.75) is 13.0 Å². The third-order valence-electron chi connectivity index (χ3n) is 3.02. The van der Waals surface area contributed by atoms with Gasteiger partial charge in [-0.15, -0.1) is 11.3 Å². The molecule has 4 nitrogen and oxygen atoms in total. The van der Waals surface area contributed by atoms with Gasteiger partial charge in [0.05, 0.1) is 6.04 Å². The Bertz CT molecular complexity index is 390. The van der Waals surface area contributed by atoms with E-state index in [0.717, 1.165) is 24.6 Å². The number of hydrogen-bond acceptors (Lipinski definition) is 5. The highest BCUT2D eigenvalue weighted by Crippen LogP contribution is 2.26. The van der Waals surface area contributed by atoms with Crippen LogP contribution >= 0.6 is 11.3 Å². The van der Waals surface area contributed by atoms with Crippen LogP contribution in [0, 0.1) is 0 Å². The van der Waals surface area contributed by atoms with Crippen molar-refractivity contribution in [1.82, 2.24) is 14.8 Å². The average Bonchev–Trinajstić information content (AvgIpc) is 2.70. The predicted octanol–water partition coefficient (Wildman–Crippen LogP) is 1.26. The molecule has 0 N–H and O–H groups in total. The predicted molar refractivity (Wildman–Crippen MR) is 65.0 cm³/mol. The Kier molecular flexibility index (Phi) is 3.37. The summed E-state index contributed by atoms with van der Waals surface area (Å²) in [6, 6.07) is 0.330. The van der Waals surface area contributed by atoms with Gasteiger partial charge >= 0.3 is 0 Å². The molecule has 0 bridgehead atoms. The highest BCUT2D eigenvalue weighted by molar-refractivity contribution is 7.09. The van der Waals surface area contributed by atoms with Gasteiger partial charge in [0.1, 0.15) is 10.7 Å². The van der Waals surface area contributed by atoms with Crippen molar-refractivity contribution in [3.05, 3.63) is 16.1 Å². The molecule has 2 heterocycles. The number of ketones is 1. The first-order valence-corrected chi connectivity index (χ1v) is 6.31.